The predicted octanol–water partition coefficient (Wildman–Crippen LogP) is 2.86. The number of ether oxygens (including phenoxy) is 1. The summed E-state index contributed by atoms with van der Waals surface area (Å²) < 4.78 is 5.02. The van der Waals surface area contributed by atoms with Crippen molar-refractivity contribution in [1.82, 2.24) is 0 Å². The molecule has 17 heavy (non-hydrogen) atoms. The van der Waals surface area contributed by atoms with Gasteiger partial charge in [-0.1, -0.05) is 19.4 Å². The topological polar surface area (TPSA) is 69.4 Å². The summed E-state index contributed by atoms with van der Waals surface area (Å²) in [4.78, 5) is 21.9. The normalized spacial score (nSPS) is 10.0. The average molecular weight is 237 g/mol. The van der Waals surface area contributed by atoms with Gasteiger partial charge in [-0.3, -0.25) is 10.1 Å². The zero-order chi connectivity index (χ0) is 12.8. The molecule has 1 rings (SSSR count). The van der Waals surface area contributed by atoms with Gasteiger partial charge in [0.2, 0.25) is 0 Å². The molecule has 0 bridgehead atoms. The van der Waals surface area contributed by atoms with Gasteiger partial charge in [-0.2, -0.15) is 0 Å². The van der Waals surface area contributed by atoms with E-state index in [1.807, 2.05) is 6.92 Å². The Morgan fingerprint density at radius 2 is 2.18 bits per heavy atom. The van der Waals surface area contributed by atoms with Crippen LogP contribution in [0.5, 0.6) is 0 Å². The van der Waals surface area contributed by atoms with E-state index < -0.39 is 10.9 Å². The average Bonchev–Trinajstić information content (AvgIpc) is 2.29. The van der Waals surface area contributed by atoms with E-state index in [9.17, 15) is 14.9 Å². The third-order valence-electron chi connectivity index (χ3n) is 2.45. The lowest BCUT2D eigenvalue weighted by Crippen LogP contribution is -2.09. The highest BCUT2D eigenvalue weighted by atomic mass is 16.6. The van der Waals surface area contributed by atoms with Crippen LogP contribution in [-0.4, -0.2) is 17.5 Å². The smallest absolute Gasteiger partial charge is 0.338 e. The van der Waals surface area contributed by atoms with Crippen LogP contribution < -0.4 is 0 Å². The fourth-order valence-corrected chi connectivity index (χ4v) is 1.43. The first kappa shape index (κ1) is 13.2. The van der Waals surface area contributed by atoms with E-state index in [0.29, 0.717) is 12.2 Å². The predicted molar refractivity (Wildman–Crippen MR) is 63.0 cm³/mol. The number of unbranched alkanes of at least 4 members (excludes halogenated alkanes) is 1. The van der Waals surface area contributed by atoms with Crippen LogP contribution in [-0.2, 0) is 4.74 Å². The van der Waals surface area contributed by atoms with E-state index in [-0.39, 0.29) is 11.3 Å². The number of nitro groups is 1. The van der Waals surface area contributed by atoms with Gasteiger partial charge in [0.05, 0.1) is 17.1 Å². The zero-order valence-electron chi connectivity index (χ0n) is 9.93. The minimum atomic E-state index is -0.502. The van der Waals surface area contributed by atoms with Crippen molar-refractivity contribution in [3.05, 3.63) is 39.4 Å². The molecule has 0 aliphatic heterocycles. The van der Waals surface area contributed by atoms with Crippen LogP contribution >= 0.6 is 0 Å². The lowest BCUT2D eigenvalue weighted by molar-refractivity contribution is -0.385. The molecule has 1 aromatic carbocycles. The molecule has 0 saturated heterocycles. The Bertz CT molecular complexity index is 429. The Labute approximate surface area is 99.5 Å². The number of benzene rings is 1. The zero-order valence-corrected chi connectivity index (χ0v) is 9.93. The minimum Gasteiger partial charge on any atom is -0.462 e. The van der Waals surface area contributed by atoms with Gasteiger partial charge in [0.25, 0.3) is 5.69 Å². The number of hydrogen-bond acceptors (Lipinski definition) is 4. The first-order valence-electron chi connectivity index (χ1n) is 5.49. The highest BCUT2D eigenvalue weighted by Crippen LogP contribution is 2.21. The number of rotatable bonds is 5. The molecule has 0 aromatic heterocycles. The summed E-state index contributed by atoms with van der Waals surface area (Å²) in [6.45, 7) is 3.89. The lowest BCUT2D eigenvalue weighted by Gasteiger charge is -2.06. The van der Waals surface area contributed by atoms with Crippen LogP contribution in [0.2, 0.25) is 0 Å². The van der Waals surface area contributed by atoms with Gasteiger partial charge in [-0.25, -0.2) is 4.79 Å². The maximum absolute atomic E-state index is 11.7. The minimum absolute atomic E-state index is 0.0602. The third kappa shape index (κ3) is 3.27. The van der Waals surface area contributed by atoms with Crippen molar-refractivity contribution in [2.75, 3.05) is 6.61 Å². The summed E-state index contributed by atoms with van der Waals surface area (Å²) in [6, 6.07) is 4.40. The van der Waals surface area contributed by atoms with Gasteiger partial charge < -0.3 is 4.74 Å². The number of nitro benzene ring substituents is 1. The molecular formula is C12H15NO4. The van der Waals surface area contributed by atoms with E-state index in [0.717, 1.165) is 12.8 Å². The maximum atomic E-state index is 11.7. The van der Waals surface area contributed by atoms with Crippen molar-refractivity contribution < 1.29 is 14.5 Å². The van der Waals surface area contributed by atoms with E-state index in [1.54, 1.807) is 6.92 Å². The summed E-state index contributed by atoms with van der Waals surface area (Å²) in [6.07, 6.45) is 1.72. The summed E-state index contributed by atoms with van der Waals surface area (Å²) >= 11 is 0. The molecule has 92 valence electrons. The molecule has 0 heterocycles. The second-order valence-electron chi connectivity index (χ2n) is 3.70. The largest absolute Gasteiger partial charge is 0.462 e. The van der Waals surface area contributed by atoms with Crippen LogP contribution in [0.25, 0.3) is 0 Å². The second-order valence-corrected chi connectivity index (χ2v) is 3.70. The van der Waals surface area contributed by atoms with Gasteiger partial charge in [0.1, 0.15) is 0 Å². The van der Waals surface area contributed by atoms with Crippen molar-refractivity contribution in [3.63, 3.8) is 0 Å². The molecule has 0 N–H and O–H groups in total. The number of nitrogens with zero attached hydrogens (tertiary/aromatic N) is 1. The second kappa shape index (κ2) is 5.98. The van der Waals surface area contributed by atoms with Gasteiger partial charge in [0, 0.05) is 11.6 Å². The fraction of sp³-hybridized carbons (Fsp3) is 0.417. The van der Waals surface area contributed by atoms with Crippen LogP contribution in [0.15, 0.2) is 18.2 Å². The molecule has 0 unspecified atom stereocenters. The molecule has 0 aliphatic rings. The SMILES string of the molecule is CCCCOC(=O)c1cccc([N+](=O)[O-])c1C. The first-order chi connectivity index (χ1) is 8.07. The summed E-state index contributed by atoms with van der Waals surface area (Å²) in [5, 5.41) is 10.7. The summed E-state index contributed by atoms with van der Waals surface area (Å²) in [5.41, 5.74) is 0.546. The highest BCUT2D eigenvalue weighted by molar-refractivity contribution is 5.92. The number of hydrogen-bond donors (Lipinski definition) is 0. The Kier molecular flexibility index (Phi) is 4.63. The van der Waals surface area contributed by atoms with Gasteiger partial charge in [0.15, 0.2) is 0 Å². The molecule has 0 radical (unpaired) electrons. The monoisotopic (exact) mass is 237 g/mol. The van der Waals surface area contributed by atoms with Crippen molar-refractivity contribution in [3.8, 4) is 0 Å². The standard InChI is InChI=1S/C12H15NO4/c1-3-4-8-17-12(14)10-6-5-7-11(9(10)2)13(15)16/h5-7H,3-4,8H2,1-2H3. The van der Waals surface area contributed by atoms with E-state index in [2.05, 4.69) is 0 Å². The number of carbonyl (C=O) groups is 1. The van der Waals surface area contributed by atoms with Crippen LogP contribution in [0.4, 0.5) is 5.69 Å². The van der Waals surface area contributed by atoms with Gasteiger partial charge in [-0.05, 0) is 19.4 Å². The first-order valence-corrected chi connectivity index (χ1v) is 5.49. The molecule has 0 aliphatic carbocycles. The van der Waals surface area contributed by atoms with Crippen molar-refractivity contribution >= 4 is 11.7 Å². The van der Waals surface area contributed by atoms with E-state index >= 15 is 0 Å². The summed E-state index contributed by atoms with van der Waals surface area (Å²) in [7, 11) is 0. The Hall–Kier alpha value is -1.91. The number of esters is 1. The van der Waals surface area contributed by atoms with Gasteiger partial charge in [-0.15, -0.1) is 0 Å². The Morgan fingerprint density at radius 1 is 1.47 bits per heavy atom. The fourth-order valence-electron chi connectivity index (χ4n) is 1.43. The molecule has 1 aromatic rings. The Balaban J connectivity index is 2.87. The van der Waals surface area contributed by atoms with E-state index in [1.165, 1.54) is 18.2 Å². The molecular weight excluding hydrogens is 222 g/mol. The summed E-state index contributed by atoms with van der Waals surface area (Å²) in [5.74, 6) is -0.500. The highest BCUT2D eigenvalue weighted by Gasteiger charge is 2.18. The van der Waals surface area contributed by atoms with Crippen molar-refractivity contribution in [1.29, 1.82) is 0 Å². The van der Waals surface area contributed by atoms with Gasteiger partial charge >= 0.3 is 5.97 Å². The quantitative estimate of drug-likeness (QED) is 0.341. The van der Waals surface area contributed by atoms with Crippen molar-refractivity contribution in [2.45, 2.75) is 26.7 Å². The maximum Gasteiger partial charge on any atom is 0.338 e. The Morgan fingerprint density at radius 3 is 2.76 bits per heavy atom. The van der Waals surface area contributed by atoms with Crippen LogP contribution in [0, 0.1) is 17.0 Å². The molecule has 0 spiro atoms. The van der Waals surface area contributed by atoms with Crippen molar-refractivity contribution in [2.24, 2.45) is 0 Å². The third-order valence-corrected chi connectivity index (χ3v) is 2.45. The molecule has 0 amide bonds. The van der Waals surface area contributed by atoms with Crippen LogP contribution in [0.1, 0.15) is 35.7 Å². The van der Waals surface area contributed by atoms with Crippen LogP contribution in [0.3, 0.4) is 0 Å². The lowest BCUT2D eigenvalue weighted by atomic mass is 10.1. The van der Waals surface area contributed by atoms with E-state index in [4.69, 9.17) is 4.74 Å². The molecule has 5 heteroatoms. The number of carbonyl (C=O) groups excluding carboxylic acids is 1. The molecule has 0 fully saturated rings. The molecule has 5 nitrogen and oxygen atoms in total. The molecule has 0 atom stereocenters. The molecule has 0 saturated carbocycles.